The molecule has 0 bridgehead atoms. The Hall–Kier alpha value is 0.0439. The number of nitrogens with one attached hydrogen (secondary N) is 1. The van der Waals surface area contributed by atoms with E-state index in [1.54, 1.807) is 13.3 Å². The Morgan fingerprint density at radius 1 is 1.67 bits per heavy atom. The molecule has 0 saturated carbocycles. The van der Waals surface area contributed by atoms with Crippen molar-refractivity contribution in [3.8, 4) is 0 Å². The fraction of sp³-hybridized carbons (Fsp3) is 0.700. The van der Waals surface area contributed by atoms with Crippen LogP contribution in [0, 0.1) is 11.8 Å². The molecule has 1 saturated heterocycles. The van der Waals surface area contributed by atoms with E-state index in [1.807, 2.05) is 13.8 Å². The van der Waals surface area contributed by atoms with Gasteiger partial charge in [-0.2, -0.15) is 6.92 Å². The van der Waals surface area contributed by atoms with E-state index in [9.17, 15) is 9.59 Å². The average Bonchev–Trinajstić information content (AvgIpc) is 2.32. The quantitative estimate of drug-likeness (QED) is 0.613. The molecule has 1 radical (unpaired) electrons. The second-order valence-electron chi connectivity index (χ2n) is 4.19. The number of rotatable bonds is 3. The van der Waals surface area contributed by atoms with Crippen LogP contribution in [0.15, 0.2) is 0 Å². The summed E-state index contributed by atoms with van der Waals surface area (Å²) in [5.41, 5.74) is -0.305. The van der Waals surface area contributed by atoms with Crippen molar-refractivity contribution in [1.82, 2.24) is 5.32 Å². The first kappa shape index (κ1) is 15.0. The molecule has 5 heteroatoms. The van der Waals surface area contributed by atoms with E-state index in [-0.39, 0.29) is 56.4 Å². The summed E-state index contributed by atoms with van der Waals surface area (Å²) < 4.78 is 5.10. The Kier molecular flexibility index (Phi) is 5.96. The molecular weight excluding hydrogens is 271 g/mol. The van der Waals surface area contributed by atoms with Crippen LogP contribution in [0.3, 0.4) is 0 Å². The van der Waals surface area contributed by atoms with Crippen molar-refractivity contribution in [3.05, 3.63) is 6.42 Å². The van der Waals surface area contributed by atoms with Gasteiger partial charge >= 0.3 is 0 Å². The van der Waals surface area contributed by atoms with Crippen LogP contribution in [0.1, 0.15) is 27.2 Å². The van der Waals surface area contributed by atoms with Crippen molar-refractivity contribution in [2.24, 2.45) is 5.41 Å². The zero-order chi connectivity index (χ0) is 10.8. The second kappa shape index (κ2) is 5.95. The summed E-state index contributed by atoms with van der Waals surface area (Å²) in [4.78, 5) is 22.5. The smallest absolute Gasteiger partial charge is 0.276 e. The Balaban J connectivity index is 0.00000196. The Morgan fingerprint density at radius 2 is 2.27 bits per heavy atom. The molecule has 1 aliphatic rings. The van der Waals surface area contributed by atoms with Gasteiger partial charge in [-0.15, -0.1) is 0 Å². The molecule has 83 valence electrons. The molecule has 1 atom stereocenters. The summed E-state index contributed by atoms with van der Waals surface area (Å²) in [5.74, 6) is -0.540. The number of ether oxygens (including phenoxy) is 1. The van der Waals surface area contributed by atoms with Crippen LogP contribution in [0.2, 0.25) is 0 Å². The molecule has 0 aromatic heterocycles. The van der Waals surface area contributed by atoms with Gasteiger partial charge in [-0.3, -0.25) is 9.59 Å². The van der Waals surface area contributed by atoms with Crippen molar-refractivity contribution in [2.75, 3.05) is 6.54 Å². The average molecular weight is 287 g/mol. The third kappa shape index (κ3) is 3.84. The molecule has 0 unspecified atom stereocenters. The third-order valence-electron chi connectivity index (χ3n) is 2.29. The van der Waals surface area contributed by atoms with E-state index >= 15 is 0 Å². The molecule has 4 nitrogen and oxygen atoms in total. The molecule has 0 aromatic carbocycles. The van der Waals surface area contributed by atoms with E-state index in [2.05, 4.69) is 5.32 Å². The molecule has 1 N–H and O–H groups in total. The van der Waals surface area contributed by atoms with Gasteiger partial charge in [0.15, 0.2) is 6.10 Å². The summed E-state index contributed by atoms with van der Waals surface area (Å²) in [6, 6.07) is 0. The molecule has 1 aliphatic heterocycles. The second-order valence-corrected chi connectivity index (χ2v) is 4.19. The van der Waals surface area contributed by atoms with Crippen LogP contribution < -0.4 is 5.32 Å². The minimum atomic E-state index is -0.644. The predicted octanol–water partition coefficient (Wildman–Crippen LogP) is 0.666. The third-order valence-corrected chi connectivity index (χ3v) is 2.29. The Morgan fingerprint density at radius 3 is 2.67 bits per heavy atom. The van der Waals surface area contributed by atoms with E-state index in [0.717, 1.165) is 0 Å². The molecule has 0 aliphatic carbocycles. The first-order valence-electron chi connectivity index (χ1n) is 4.72. The number of hydrogen-bond acceptors (Lipinski definition) is 3. The summed E-state index contributed by atoms with van der Waals surface area (Å²) in [7, 11) is 0. The molecular formula is C10H16NO3Y-. The normalized spacial score (nSPS) is 22.9. The molecule has 1 amide bonds. The van der Waals surface area contributed by atoms with Crippen molar-refractivity contribution < 1.29 is 47.0 Å². The minimum absolute atomic E-state index is 0. The maximum atomic E-state index is 11.3. The summed E-state index contributed by atoms with van der Waals surface area (Å²) in [6.45, 7) is 6.14. The summed E-state index contributed by atoms with van der Waals surface area (Å²) in [6.07, 6.45) is 1.32. The fourth-order valence-corrected chi connectivity index (χ4v) is 1.41. The number of carbonyl (C=O) groups excluding carboxylic acids is 2. The topological polar surface area (TPSA) is 55.4 Å². The zero-order valence-corrected chi connectivity index (χ0v) is 12.2. The van der Waals surface area contributed by atoms with Crippen molar-refractivity contribution in [3.63, 3.8) is 0 Å². The van der Waals surface area contributed by atoms with Gasteiger partial charge < -0.3 is 16.5 Å². The van der Waals surface area contributed by atoms with Gasteiger partial charge in [0.2, 0.25) is 0 Å². The van der Waals surface area contributed by atoms with Gasteiger partial charge in [0.05, 0.1) is 0 Å². The van der Waals surface area contributed by atoms with Crippen molar-refractivity contribution in [2.45, 2.75) is 33.3 Å². The maximum Gasteiger partial charge on any atom is 0.276 e. The van der Waals surface area contributed by atoms with Gasteiger partial charge in [-0.05, 0) is 0 Å². The van der Waals surface area contributed by atoms with Crippen LogP contribution in [-0.4, -0.2) is 24.5 Å². The summed E-state index contributed by atoms with van der Waals surface area (Å²) >= 11 is 0. The Labute approximate surface area is 115 Å². The number of esters is 1. The van der Waals surface area contributed by atoms with Crippen LogP contribution in [0.25, 0.3) is 0 Å². The molecule has 1 heterocycles. The fourth-order valence-electron chi connectivity index (χ4n) is 1.41. The van der Waals surface area contributed by atoms with Crippen LogP contribution >= 0.6 is 0 Å². The minimum Gasteiger partial charge on any atom is -0.453 e. The molecule has 15 heavy (non-hydrogen) atoms. The molecule has 0 spiro atoms. The van der Waals surface area contributed by atoms with Crippen LogP contribution in [-0.2, 0) is 47.0 Å². The molecule has 1 rings (SSSR count). The Bertz CT molecular complexity index is 253. The molecule has 1 fully saturated rings. The van der Waals surface area contributed by atoms with Gasteiger partial charge in [-0.1, -0.05) is 20.3 Å². The van der Waals surface area contributed by atoms with E-state index in [0.29, 0.717) is 6.54 Å². The first-order valence-corrected chi connectivity index (χ1v) is 4.72. The first-order chi connectivity index (χ1) is 6.47. The SMILES string of the molecule is C[CH-]CC(=O)O[C@@H]1C(=O)NCC1(C)C.[Y]. The van der Waals surface area contributed by atoms with Gasteiger partial charge in [-0.25, -0.2) is 0 Å². The number of carbonyl (C=O) groups is 2. The van der Waals surface area contributed by atoms with E-state index < -0.39 is 6.10 Å². The number of hydrogen-bond donors (Lipinski definition) is 1. The maximum absolute atomic E-state index is 11.3. The van der Waals surface area contributed by atoms with Gasteiger partial charge in [0.1, 0.15) is 0 Å². The number of amides is 1. The predicted molar refractivity (Wildman–Crippen MR) is 51.3 cm³/mol. The van der Waals surface area contributed by atoms with Crippen molar-refractivity contribution in [1.29, 1.82) is 0 Å². The van der Waals surface area contributed by atoms with Crippen molar-refractivity contribution >= 4 is 11.9 Å². The van der Waals surface area contributed by atoms with Gasteiger partial charge in [0, 0.05) is 44.7 Å². The zero-order valence-electron chi connectivity index (χ0n) is 9.37. The molecule has 0 aromatic rings. The van der Waals surface area contributed by atoms with Crippen LogP contribution in [0.5, 0.6) is 0 Å². The van der Waals surface area contributed by atoms with E-state index in [4.69, 9.17) is 4.74 Å². The summed E-state index contributed by atoms with van der Waals surface area (Å²) in [5, 5.41) is 2.68. The largest absolute Gasteiger partial charge is 0.453 e. The standard InChI is InChI=1S/C10H16NO3.Y/c1-4-5-7(12)14-8-9(13)11-6-10(8,2)3;/h4,8H,5-6H2,1-3H3,(H,11,13);/q-1;/t8-;/m1./s1. The van der Waals surface area contributed by atoms with Gasteiger partial charge in [0.25, 0.3) is 11.9 Å². The van der Waals surface area contributed by atoms with E-state index in [1.165, 1.54) is 0 Å². The van der Waals surface area contributed by atoms with Crippen LogP contribution in [0.4, 0.5) is 0 Å². The monoisotopic (exact) mass is 287 g/mol.